The Hall–Kier alpha value is -0.570. The predicted octanol–water partition coefficient (Wildman–Crippen LogP) is 2.80. The summed E-state index contributed by atoms with van der Waals surface area (Å²) in [5.41, 5.74) is 0.911. The van der Waals surface area contributed by atoms with Gasteiger partial charge >= 0.3 is 0 Å². The van der Waals surface area contributed by atoms with Crippen LogP contribution in [-0.2, 0) is 4.74 Å². The Labute approximate surface area is 89.5 Å². The zero-order valence-corrected chi connectivity index (χ0v) is 9.16. The van der Waals surface area contributed by atoms with Gasteiger partial charge in [0.25, 0.3) is 0 Å². The second-order valence-electron chi connectivity index (χ2n) is 3.41. The van der Waals surface area contributed by atoms with Crippen LogP contribution in [0.3, 0.4) is 0 Å². The molecule has 0 aliphatic rings. The fourth-order valence-corrected chi connectivity index (χ4v) is 1.46. The number of halogens is 1. The number of benzene rings is 1. The first-order valence-corrected chi connectivity index (χ1v) is 5.03. The van der Waals surface area contributed by atoms with E-state index < -0.39 is 0 Å². The van der Waals surface area contributed by atoms with Crippen LogP contribution < -0.4 is 0 Å². The number of rotatable bonds is 4. The molecular formula is C11H15ClO2. The minimum Gasteiger partial charge on any atom is -0.393 e. The van der Waals surface area contributed by atoms with Crippen molar-refractivity contribution in [3.63, 3.8) is 0 Å². The Morgan fingerprint density at radius 1 is 1.43 bits per heavy atom. The molecule has 1 N–H and O–H groups in total. The Morgan fingerprint density at radius 2 is 2.14 bits per heavy atom. The van der Waals surface area contributed by atoms with Crippen molar-refractivity contribution in [2.24, 2.45) is 0 Å². The van der Waals surface area contributed by atoms with Gasteiger partial charge in [-0.25, -0.2) is 0 Å². The standard InChI is InChI=1S/C11H15ClO2/c1-8(2)14-11(7-13)9-4-3-5-10(12)6-9/h3-6,8,11,13H,7H2,1-2H3. The van der Waals surface area contributed by atoms with E-state index in [1.807, 2.05) is 32.0 Å². The fraction of sp³-hybridized carbons (Fsp3) is 0.455. The summed E-state index contributed by atoms with van der Waals surface area (Å²) < 4.78 is 5.53. The van der Waals surface area contributed by atoms with Gasteiger partial charge in [-0.05, 0) is 31.5 Å². The Balaban J connectivity index is 2.78. The first-order valence-electron chi connectivity index (χ1n) is 4.65. The molecule has 0 aliphatic heterocycles. The Kier molecular flexibility index (Phi) is 4.39. The zero-order chi connectivity index (χ0) is 10.6. The highest BCUT2D eigenvalue weighted by molar-refractivity contribution is 6.30. The summed E-state index contributed by atoms with van der Waals surface area (Å²) in [5.74, 6) is 0. The molecule has 1 aromatic rings. The fourth-order valence-electron chi connectivity index (χ4n) is 1.26. The second kappa shape index (κ2) is 5.35. The van der Waals surface area contributed by atoms with Gasteiger partial charge < -0.3 is 9.84 Å². The Bertz CT molecular complexity index is 286. The van der Waals surface area contributed by atoms with Gasteiger partial charge in [-0.15, -0.1) is 0 Å². The summed E-state index contributed by atoms with van der Waals surface area (Å²) >= 11 is 5.85. The van der Waals surface area contributed by atoms with Crippen molar-refractivity contribution in [2.75, 3.05) is 6.61 Å². The SMILES string of the molecule is CC(C)OC(CO)c1cccc(Cl)c1. The number of hydrogen-bond donors (Lipinski definition) is 1. The molecule has 0 radical (unpaired) electrons. The second-order valence-corrected chi connectivity index (χ2v) is 3.85. The molecule has 1 unspecified atom stereocenters. The van der Waals surface area contributed by atoms with E-state index in [-0.39, 0.29) is 18.8 Å². The lowest BCUT2D eigenvalue weighted by molar-refractivity contribution is -0.0247. The van der Waals surface area contributed by atoms with E-state index in [9.17, 15) is 0 Å². The number of aliphatic hydroxyl groups is 1. The summed E-state index contributed by atoms with van der Waals surface area (Å²) in [7, 11) is 0. The zero-order valence-electron chi connectivity index (χ0n) is 8.40. The van der Waals surface area contributed by atoms with Crippen molar-refractivity contribution in [1.82, 2.24) is 0 Å². The van der Waals surface area contributed by atoms with Gasteiger partial charge in [0.05, 0.1) is 12.7 Å². The van der Waals surface area contributed by atoms with Crippen LogP contribution in [0.2, 0.25) is 5.02 Å². The van der Waals surface area contributed by atoms with Crippen molar-refractivity contribution in [3.05, 3.63) is 34.9 Å². The number of aliphatic hydroxyl groups excluding tert-OH is 1. The van der Waals surface area contributed by atoms with Crippen LogP contribution in [0.15, 0.2) is 24.3 Å². The largest absolute Gasteiger partial charge is 0.393 e. The highest BCUT2D eigenvalue weighted by Gasteiger charge is 2.12. The van der Waals surface area contributed by atoms with E-state index in [2.05, 4.69) is 0 Å². The van der Waals surface area contributed by atoms with Gasteiger partial charge in [0, 0.05) is 5.02 Å². The predicted molar refractivity (Wildman–Crippen MR) is 57.5 cm³/mol. The lowest BCUT2D eigenvalue weighted by Crippen LogP contribution is -2.13. The highest BCUT2D eigenvalue weighted by Crippen LogP contribution is 2.21. The van der Waals surface area contributed by atoms with Crippen molar-refractivity contribution in [2.45, 2.75) is 26.1 Å². The van der Waals surface area contributed by atoms with Gasteiger partial charge in [0.2, 0.25) is 0 Å². The van der Waals surface area contributed by atoms with E-state index >= 15 is 0 Å². The maximum Gasteiger partial charge on any atom is 0.106 e. The molecule has 14 heavy (non-hydrogen) atoms. The van der Waals surface area contributed by atoms with Crippen molar-refractivity contribution >= 4 is 11.6 Å². The molecule has 1 aromatic carbocycles. The first-order chi connectivity index (χ1) is 6.63. The molecule has 0 spiro atoms. The van der Waals surface area contributed by atoms with Gasteiger partial charge in [-0.1, -0.05) is 23.7 Å². The first kappa shape index (κ1) is 11.5. The van der Waals surface area contributed by atoms with E-state index in [4.69, 9.17) is 21.4 Å². The van der Waals surface area contributed by atoms with Crippen LogP contribution in [0.5, 0.6) is 0 Å². The normalized spacial score (nSPS) is 13.2. The molecule has 0 amide bonds. The molecule has 0 aliphatic carbocycles. The molecule has 0 saturated carbocycles. The van der Waals surface area contributed by atoms with Crippen molar-refractivity contribution < 1.29 is 9.84 Å². The quantitative estimate of drug-likeness (QED) is 0.835. The van der Waals surface area contributed by atoms with Gasteiger partial charge in [-0.3, -0.25) is 0 Å². The molecule has 0 heterocycles. The van der Waals surface area contributed by atoms with E-state index in [0.29, 0.717) is 5.02 Å². The molecule has 2 nitrogen and oxygen atoms in total. The summed E-state index contributed by atoms with van der Waals surface area (Å²) in [6, 6.07) is 7.36. The minimum absolute atomic E-state index is 0.0292. The van der Waals surface area contributed by atoms with Crippen LogP contribution >= 0.6 is 11.6 Å². The smallest absolute Gasteiger partial charge is 0.106 e. The van der Waals surface area contributed by atoms with Gasteiger partial charge in [0.15, 0.2) is 0 Å². The van der Waals surface area contributed by atoms with Gasteiger partial charge in [-0.2, -0.15) is 0 Å². The van der Waals surface area contributed by atoms with Crippen LogP contribution in [0.1, 0.15) is 25.5 Å². The summed E-state index contributed by atoms with van der Waals surface area (Å²) in [4.78, 5) is 0. The molecule has 3 heteroatoms. The summed E-state index contributed by atoms with van der Waals surface area (Å²) in [5, 5.41) is 9.81. The van der Waals surface area contributed by atoms with E-state index in [1.165, 1.54) is 0 Å². The van der Waals surface area contributed by atoms with Crippen molar-refractivity contribution in [3.8, 4) is 0 Å². The van der Waals surface area contributed by atoms with E-state index in [1.54, 1.807) is 6.07 Å². The molecule has 0 bridgehead atoms. The molecule has 0 fully saturated rings. The number of hydrogen-bond acceptors (Lipinski definition) is 2. The minimum atomic E-state index is -0.284. The lowest BCUT2D eigenvalue weighted by Gasteiger charge is -2.18. The lowest BCUT2D eigenvalue weighted by atomic mass is 10.1. The average molecular weight is 215 g/mol. The van der Waals surface area contributed by atoms with E-state index in [0.717, 1.165) is 5.56 Å². The monoisotopic (exact) mass is 214 g/mol. The molecule has 78 valence electrons. The molecule has 1 rings (SSSR count). The third-order valence-corrected chi connectivity index (χ3v) is 2.06. The van der Waals surface area contributed by atoms with Gasteiger partial charge in [0.1, 0.15) is 6.10 Å². The van der Waals surface area contributed by atoms with Crippen molar-refractivity contribution in [1.29, 1.82) is 0 Å². The third-order valence-electron chi connectivity index (χ3n) is 1.82. The van der Waals surface area contributed by atoms with Crippen LogP contribution in [0.4, 0.5) is 0 Å². The average Bonchev–Trinajstić information content (AvgIpc) is 2.14. The van der Waals surface area contributed by atoms with Crippen LogP contribution in [-0.4, -0.2) is 17.8 Å². The number of ether oxygens (including phenoxy) is 1. The molecule has 1 atom stereocenters. The summed E-state index contributed by atoms with van der Waals surface area (Å²) in [6.07, 6.45) is -0.195. The highest BCUT2D eigenvalue weighted by atomic mass is 35.5. The maximum atomic E-state index is 9.15. The topological polar surface area (TPSA) is 29.5 Å². The summed E-state index contributed by atoms with van der Waals surface area (Å²) in [6.45, 7) is 3.85. The third kappa shape index (κ3) is 3.29. The maximum absolute atomic E-state index is 9.15. The molecular weight excluding hydrogens is 200 g/mol. The van der Waals surface area contributed by atoms with Crippen LogP contribution in [0, 0.1) is 0 Å². The Morgan fingerprint density at radius 3 is 2.64 bits per heavy atom. The molecule has 0 aromatic heterocycles. The molecule has 0 saturated heterocycles. The van der Waals surface area contributed by atoms with Crippen LogP contribution in [0.25, 0.3) is 0 Å².